The number of nitrogens with zero attached hydrogens (tertiary/aromatic N) is 4. The molecule has 0 radical (unpaired) electrons. The molecule has 0 aliphatic carbocycles. The maximum atomic E-state index is 11.8. The number of amides is 1. The molecule has 8 heteroatoms. The fourth-order valence-electron chi connectivity index (χ4n) is 2.00. The largest absolute Gasteiger partial charge is 0.381 e. The number of ether oxygens (including phenoxy) is 1. The lowest BCUT2D eigenvalue weighted by molar-refractivity contribution is -0.122. The van der Waals surface area contributed by atoms with Crippen LogP contribution >= 0.6 is 11.3 Å². The third-order valence-corrected chi connectivity index (χ3v) is 3.96. The average Bonchev–Trinajstić information content (AvgIpc) is 3.18. The molecule has 1 saturated heterocycles. The Labute approximate surface area is 119 Å². The highest BCUT2D eigenvalue weighted by molar-refractivity contribution is 7.13. The molecular formula is C12H15N5O2S. The molecule has 20 heavy (non-hydrogen) atoms. The zero-order chi connectivity index (χ0) is 13.8. The van der Waals surface area contributed by atoms with Crippen molar-refractivity contribution < 1.29 is 9.53 Å². The fraction of sp³-hybridized carbons (Fsp3) is 0.500. The fourth-order valence-corrected chi connectivity index (χ4v) is 2.65. The van der Waals surface area contributed by atoms with Crippen molar-refractivity contribution >= 4 is 17.2 Å². The van der Waals surface area contributed by atoms with E-state index in [9.17, 15) is 4.79 Å². The van der Waals surface area contributed by atoms with Crippen LogP contribution in [0.1, 0.15) is 6.42 Å². The highest BCUT2D eigenvalue weighted by Crippen LogP contribution is 2.19. The van der Waals surface area contributed by atoms with E-state index in [0.717, 1.165) is 24.5 Å². The lowest BCUT2D eigenvalue weighted by Gasteiger charge is -2.08. The molecule has 1 aliphatic heterocycles. The molecule has 0 bridgehead atoms. The number of hydrogen-bond donors (Lipinski definition) is 1. The van der Waals surface area contributed by atoms with E-state index < -0.39 is 0 Å². The number of hydrogen-bond acceptors (Lipinski definition) is 6. The predicted octanol–water partition coefficient (Wildman–Crippen LogP) is 0.554. The molecule has 1 N–H and O–H groups in total. The molecule has 0 unspecified atom stereocenters. The first-order chi connectivity index (χ1) is 9.81. The highest BCUT2D eigenvalue weighted by atomic mass is 32.1. The summed E-state index contributed by atoms with van der Waals surface area (Å²) in [7, 11) is 0. The number of nitrogens with one attached hydrogen (secondary N) is 1. The van der Waals surface area contributed by atoms with Crippen LogP contribution in [-0.2, 0) is 16.1 Å². The third-order valence-electron chi connectivity index (χ3n) is 3.09. The van der Waals surface area contributed by atoms with Crippen LogP contribution in [0.2, 0.25) is 0 Å². The predicted molar refractivity (Wildman–Crippen MR) is 73.1 cm³/mol. The Morgan fingerprint density at radius 2 is 2.55 bits per heavy atom. The van der Waals surface area contributed by atoms with E-state index in [0.29, 0.717) is 18.3 Å². The Kier molecular flexibility index (Phi) is 4.03. The Balaban J connectivity index is 1.51. The van der Waals surface area contributed by atoms with E-state index in [4.69, 9.17) is 4.74 Å². The van der Waals surface area contributed by atoms with Gasteiger partial charge in [0.05, 0.1) is 11.5 Å². The minimum absolute atomic E-state index is 0.0892. The minimum atomic E-state index is -0.105. The summed E-state index contributed by atoms with van der Waals surface area (Å²) in [6, 6.07) is 3.85. The van der Waals surface area contributed by atoms with E-state index in [-0.39, 0.29) is 12.5 Å². The summed E-state index contributed by atoms with van der Waals surface area (Å²) < 4.78 is 5.26. The van der Waals surface area contributed by atoms with Gasteiger partial charge in [-0.05, 0) is 23.1 Å². The van der Waals surface area contributed by atoms with Gasteiger partial charge in [-0.25, -0.2) is 0 Å². The highest BCUT2D eigenvalue weighted by Gasteiger charge is 2.17. The van der Waals surface area contributed by atoms with E-state index in [2.05, 4.69) is 20.7 Å². The molecule has 1 fully saturated rings. The summed E-state index contributed by atoms with van der Waals surface area (Å²) in [6.07, 6.45) is 1.00. The molecular weight excluding hydrogens is 278 g/mol. The smallest absolute Gasteiger partial charge is 0.243 e. The topological polar surface area (TPSA) is 81.9 Å². The number of carbonyl (C=O) groups is 1. The van der Waals surface area contributed by atoms with Crippen molar-refractivity contribution in [2.45, 2.75) is 13.0 Å². The molecule has 0 aromatic carbocycles. The summed E-state index contributed by atoms with van der Waals surface area (Å²) in [5, 5.41) is 16.8. The molecule has 3 heterocycles. The second-order valence-corrected chi connectivity index (χ2v) is 5.60. The first-order valence-corrected chi connectivity index (χ1v) is 7.35. The van der Waals surface area contributed by atoms with Crippen molar-refractivity contribution in [2.24, 2.45) is 5.92 Å². The first kappa shape index (κ1) is 13.2. The molecule has 2 aromatic rings. The van der Waals surface area contributed by atoms with Gasteiger partial charge in [-0.3, -0.25) is 4.79 Å². The number of thiophene rings is 1. The Morgan fingerprint density at radius 1 is 1.60 bits per heavy atom. The maximum Gasteiger partial charge on any atom is 0.243 e. The van der Waals surface area contributed by atoms with Gasteiger partial charge in [0.25, 0.3) is 0 Å². The second kappa shape index (κ2) is 6.10. The van der Waals surface area contributed by atoms with Crippen LogP contribution in [0.3, 0.4) is 0 Å². The van der Waals surface area contributed by atoms with Crippen molar-refractivity contribution in [1.29, 1.82) is 0 Å². The van der Waals surface area contributed by atoms with Crippen molar-refractivity contribution in [3.8, 4) is 10.7 Å². The third kappa shape index (κ3) is 3.20. The molecule has 1 amide bonds. The Bertz CT molecular complexity index is 562. The van der Waals surface area contributed by atoms with E-state index >= 15 is 0 Å². The zero-order valence-electron chi connectivity index (χ0n) is 10.9. The van der Waals surface area contributed by atoms with Crippen LogP contribution in [-0.4, -0.2) is 45.9 Å². The summed E-state index contributed by atoms with van der Waals surface area (Å²) in [5.41, 5.74) is 0. The van der Waals surface area contributed by atoms with Crippen LogP contribution in [0.25, 0.3) is 10.7 Å². The number of tetrazole rings is 1. The van der Waals surface area contributed by atoms with Crippen molar-refractivity contribution in [3.63, 3.8) is 0 Å². The van der Waals surface area contributed by atoms with Gasteiger partial charge < -0.3 is 10.1 Å². The van der Waals surface area contributed by atoms with Crippen molar-refractivity contribution in [2.75, 3.05) is 19.8 Å². The van der Waals surface area contributed by atoms with Gasteiger partial charge in [0.2, 0.25) is 11.7 Å². The molecule has 0 saturated carbocycles. The summed E-state index contributed by atoms with van der Waals surface area (Å²) in [5.74, 6) is 0.869. The van der Waals surface area contributed by atoms with Gasteiger partial charge >= 0.3 is 0 Å². The van der Waals surface area contributed by atoms with Gasteiger partial charge in [-0.2, -0.15) is 4.80 Å². The summed E-state index contributed by atoms with van der Waals surface area (Å²) in [6.45, 7) is 2.25. The number of rotatable bonds is 5. The van der Waals surface area contributed by atoms with Gasteiger partial charge in [0.15, 0.2) is 0 Å². The number of carbonyl (C=O) groups excluding carboxylic acids is 1. The molecule has 3 rings (SSSR count). The Morgan fingerprint density at radius 3 is 3.30 bits per heavy atom. The van der Waals surface area contributed by atoms with Crippen LogP contribution in [0, 0.1) is 5.92 Å². The van der Waals surface area contributed by atoms with Crippen LogP contribution in [0.5, 0.6) is 0 Å². The van der Waals surface area contributed by atoms with Crippen LogP contribution < -0.4 is 5.32 Å². The van der Waals surface area contributed by atoms with Crippen molar-refractivity contribution in [1.82, 2.24) is 25.5 Å². The average molecular weight is 293 g/mol. The number of aromatic nitrogens is 4. The molecule has 0 spiro atoms. The van der Waals surface area contributed by atoms with Crippen LogP contribution in [0.15, 0.2) is 17.5 Å². The van der Waals surface area contributed by atoms with E-state index in [1.54, 1.807) is 11.3 Å². The zero-order valence-corrected chi connectivity index (χ0v) is 11.7. The second-order valence-electron chi connectivity index (χ2n) is 4.65. The quantitative estimate of drug-likeness (QED) is 0.871. The first-order valence-electron chi connectivity index (χ1n) is 6.47. The normalized spacial score (nSPS) is 18.3. The minimum Gasteiger partial charge on any atom is -0.381 e. The van der Waals surface area contributed by atoms with Gasteiger partial charge in [-0.15, -0.1) is 21.5 Å². The standard InChI is InChI=1S/C12H15N5O2S/c18-11(13-6-9-3-4-19-8-9)7-17-15-12(14-16-17)10-2-1-5-20-10/h1-2,5,9H,3-4,6-8H2,(H,13,18)/t9-/m0/s1. The molecule has 1 atom stereocenters. The van der Waals surface area contributed by atoms with Crippen molar-refractivity contribution in [3.05, 3.63) is 17.5 Å². The molecule has 1 aliphatic rings. The van der Waals surface area contributed by atoms with E-state index in [1.807, 2.05) is 17.5 Å². The van der Waals surface area contributed by atoms with E-state index in [1.165, 1.54) is 4.80 Å². The van der Waals surface area contributed by atoms with Gasteiger partial charge in [-0.1, -0.05) is 6.07 Å². The molecule has 106 valence electrons. The van der Waals surface area contributed by atoms with Gasteiger partial charge in [0, 0.05) is 19.1 Å². The molecule has 7 nitrogen and oxygen atoms in total. The van der Waals surface area contributed by atoms with Gasteiger partial charge in [0.1, 0.15) is 6.54 Å². The van der Waals surface area contributed by atoms with Crippen LogP contribution in [0.4, 0.5) is 0 Å². The Hall–Kier alpha value is -1.80. The lowest BCUT2D eigenvalue weighted by atomic mass is 10.1. The SMILES string of the molecule is O=C(Cn1nnc(-c2cccs2)n1)NC[C@@H]1CCOC1. The summed E-state index contributed by atoms with van der Waals surface area (Å²) in [4.78, 5) is 14.0. The monoisotopic (exact) mass is 293 g/mol. The molecule has 2 aromatic heterocycles. The summed E-state index contributed by atoms with van der Waals surface area (Å²) >= 11 is 1.54. The maximum absolute atomic E-state index is 11.8. The lowest BCUT2D eigenvalue weighted by Crippen LogP contribution is -2.32.